The molecule has 2 aromatic carbocycles. The summed E-state index contributed by atoms with van der Waals surface area (Å²) in [6, 6.07) is 8.56. The van der Waals surface area contributed by atoms with Crippen molar-refractivity contribution in [2.75, 3.05) is 11.9 Å². The Morgan fingerprint density at radius 3 is 2.71 bits per heavy atom. The van der Waals surface area contributed by atoms with Crippen LogP contribution in [0.1, 0.15) is 43.1 Å². The van der Waals surface area contributed by atoms with E-state index in [-0.39, 0.29) is 21.4 Å². The molecular weight excluding hydrogens is 463 g/mol. The van der Waals surface area contributed by atoms with E-state index in [4.69, 9.17) is 37.0 Å². The van der Waals surface area contributed by atoms with Crippen LogP contribution >= 0.6 is 36.1 Å². The number of halogens is 2. The Morgan fingerprint density at radius 1 is 1.29 bits per heavy atom. The maximum atomic E-state index is 12.0. The van der Waals surface area contributed by atoms with Gasteiger partial charge in [0.2, 0.25) is 6.21 Å². The molecule has 0 saturated carbocycles. The predicted octanol–water partition coefficient (Wildman–Crippen LogP) is 5.95. The highest BCUT2D eigenvalue weighted by molar-refractivity contribution is 7.74. The molecule has 1 amide bonds. The number of benzene rings is 2. The minimum absolute atomic E-state index is 0.151. The third-order valence-corrected chi connectivity index (χ3v) is 5.64. The Hall–Kier alpha value is -2.42. The Morgan fingerprint density at radius 2 is 2.03 bits per heavy atom. The lowest BCUT2D eigenvalue weighted by molar-refractivity contribution is -0.672. The molecule has 10 heteroatoms. The first-order chi connectivity index (χ1) is 14.6. The minimum atomic E-state index is -0.767. The summed E-state index contributed by atoms with van der Waals surface area (Å²) in [6.45, 7) is 5.34. The largest absolute Gasteiger partial charge is 0.493 e. The number of carbonyl (C=O) groups excluding carboxylic acids is 2. The third kappa shape index (κ3) is 5.08. The van der Waals surface area contributed by atoms with Crippen molar-refractivity contribution in [3.63, 3.8) is 0 Å². The number of ketones is 1. The van der Waals surface area contributed by atoms with Crippen LogP contribution in [0.25, 0.3) is 0 Å². The number of hydrogen-bond donors (Lipinski definition) is 2. The Bertz CT molecular complexity index is 1070. The van der Waals surface area contributed by atoms with E-state index in [9.17, 15) is 9.59 Å². The number of amides is 1. The van der Waals surface area contributed by atoms with Crippen LogP contribution in [0, 0.1) is 0 Å². The standard InChI is InChI=1S/C21H20Cl2N2O5S/c1-12(26)18-17(8-6-15(22)19(18)23)25(30-31)9-4-10-28-13-5-7-16-14(11-13)21(2,3)29-20(27)24-16/h5-9,11H,4,10H2,1-3H3,(H-,24,27,31)/p+1. The summed E-state index contributed by atoms with van der Waals surface area (Å²) < 4.78 is 17.6. The molecule has 0 aromatic heterocycles. The molecule has 31 heavy (non-hydrogen) atoms. The number of fused-ring (bicyclic) bond motifs is 1. The van der Waals surface area contributed by atoms with Crippen LogP contribution in [0.2, 0.25) is 10.0 Å². The van der Waals surface area contributed by atoms with Crippen molar-refractivity contribution >= 4 is 65.6 Å². The highest BCUT2D eigenvalue weighted by Gasteiger charge is 2.33. The van der Waals surface area contributed by atoms with Crippen molar-refractivity contribution in [2.45, 2.75) is 32.8 Å². The quantitative estimate of drug-likeness (QED) is 0.0966. The van der Waals surface area contributed by atoms with Gasteiger partial charge in [0.15, 0.2) is 5.78 Å². The normalized spacial score (nSPS) is 14.9. The van der Waals surface area contributed by atoms with E-state index in [0.717, 1.165) is 5.56 Å². The number of nitrogens with zero attached hydrogens (tertiary/aromatic N) is 1. The molecule has 0 saturated heterocycles. The summed E-state index contributed by atoms with van der Waals surface area (Å²) in [5.74, 6) is 0.366. The van der Waals surface area contributed by atoms with Gasteiger partial charge < -0.3 is 9.47 Å². The lowest BCUT2D eigenvalue weighted by Crippen LogP contribution is -2.34. The number of thiol groups is 1. The lowest BCUT2D eigenvalue weighted by Gasteiger charge is -2.32. The number of rotatable bonds is 7. The summed E-state index contributed by atoms with van der Waals surface area (Å²) in [5, 5.41) is 3.09. The van der Waals surface area contributed by atoms with E-state index < -0.39 is 11.7 Å². The molecule has 7 nitrogen and oxygen atoms in total. The number of ether oxygens (including phenoxy) is 2. The number of Topliss-reactive ketones (excluding diaryl/α,β-unsaturated/α-hetero) is 1. The number of cyclic esters (lactones) is 1. The van der Waals surface area contributed by atoms with Gasteiger partial charge in [-0.15, -0.1) is 0 Å². The van der Waals surface area contributed by atoms with Crippen LogP contribution in [0.15, 0.2) is 30.3 Å². The summed E-state index contributed by atoms with van der Waals surface area (Å²) in [4.78, 5) is 23.7. The highest BCUT2D eigenvalue weighted by atomic mass is 35.5. The van der Waals surface area contributed by atoms with Crippen molar-refractivity contribution in [3.8, 4) is 5.75 Å². The minimum Gasteiger partial charge on any atom is -0.493 e. The monoisotopic (exact) mass is 483 g/mol. The van der Waals surface area contributed by atoms with E-state index in [0.29, 0.717) is 30.2 Å². The molecular formula is C21H21Cl2N2O5S+. The fourth-order valence-corrected chi connectivity index (χ4v) is 3.83. The van der Waals surface area contributed by atoms with Crippen LogP contribution in [0.3, 0.4) is 0 Å². The van der Waals surface area contributed by atoms with Crippen molar-refractivity contribution in [1.29, 1.82) is 0 Å². The van der Waals surface area contributed by atoms with Crippen LogP contribution in [-0.4, -0.2) is 29.4 Å². The topological polar surface area (TPSA) is 76.9 Å². The van der Waals surface area contributed by atoms with Crippen LogP contribution < -0.4 is 10.1 Å². The van der Waals surface area contributed by atoms with E-state index >= 15 is 0 Å². The maximum Gasteiger partial charge on any atom is 0.412 e. The first kappa shape index (κ1) is 23.2. The zero-order valence-corrected chi connectivity index (χ0v) is 19.5. The van der Waals surface area contributed by atoms with Gasteiger partial charge in [-0.1, -0.05) is 23.2 Å². The molecule has 1 N–H and O–H groups in total. The van der Waals surface area contributed by atoms with Crippen molar-refractivity contribution in [3.05, 3.63) is 51.5 Å². The van der Waals surface area contributed by atoms with Gasteiger partial charge in [0.25, 0.3) is 5.69 Å². The number of hydrogen-bond acceptors (Lipinski definition) is 6. The lowest BCUT2D eigenvalue weighted by atomic mass is 9.94. The molecule has 164 valence electrons. The van der Waals surface area contributed by atoms with Crippen LogP contribution in [-0.2, 0) is 14.6 Å². The predicted molar refractivity (Wildman–Crippen MR) is 122 cm³/mol. The summed E-state index contributed by atoms with van der Waals surface area (Å²) in [6.07, 6.45) is 1.62. The van der Waals surface area contributed by atoms with Crippen molar-refractivity contribution < 1.29 is 28.1 Å². The highest BCUT2D eigenvalue weighted by Crippen LogP contribution is 2.37. The molecule has 0 unspecified atom stereocenters. The summed E-state index contributed by atoms with van der Waals surface area (Å²) >= 11 is 16.1. The van der Waals surface area contributed by atoms with Gasteiger partial charge >= 0.3 is 6.09 Å². The fourth-order valence-electron chi connectivity index (χ4n) is 3.22. The fraction of sp³-hybridized carbons (Fsp3) is 0.286. The molecule has 1 heterocycles. The summed E-state index contributed by atoms with van der Waals surface area (Å²) in [7, 11) is 0. The van der Waals surface area contributed by atoms with E-state index in [1.165, 1.54) is 11.7 Å². The second-order valence-electron chi connectivity index (χ2n) is 7.27. The molecule has 0 spiro atoms. The molecule has 0 fully saturated rings. The number of carbonyl (C=O) groups is 2. The SMILES string of the molecule is CC(=O)c1c([N+](=CCCOc2ccc3c(c2)C(C)(C)OC(=O)N3)OS)ccc(Cl)c1Cl. The molecule has 0 bridgehead atoms. The molecule has 2 aromatic rings. The Kier molecular flexibility index (Phi) is 7.03. The molecule has 0 radical (unpaired) electrons. The average Bonchev–Trinajstić information content (AvgIpc) is 2.69. The Labute approximate surface area is 195 Å². The summed E-state index contributed by atoms with van der Waals surface area (Å²) in [5.41, 5.74) is 1.39. The van der Waals surface area contributed by atoms with Gasteiger partial charge in [-0.25, -0.2) is 4.79 Å². The van der Waals surface area contributed by atoms with E-state index in [1.807, 2.05) is 19.9 Å². The second kappa shape index (κ2) is 9.38. The molecule has 3 rings (SSSR count). The second-order valence-corrected chi connectivity index (χ2v) is 8.22. The van der Waals surface area contributed by atoms with Crippen LogP contribution in [0.5, 0.6) is 5.75 Å². The average molecular weight is 484 g/mol. The zero-order valence-electron chi connectivity index (χ0n) is 17.1. The van der Waals surface area contributed by atoms with E-state index in [1.54, 1.807) is 30.5 Å². The van der Waals surface area contributed by atoms with Gasteiger partial charge in [0.1, 0.15) is 29.8 Å². The van der Waals surface area contributed by atoms with Gasteiger partial charge in [0, 0.05) is 16.4 Å². The van der Waals surface area contributed by atoms with Crippen LogP contribution in [0.4, 0.5) is 16.2 Å². The maximum absolute atomic E-state index is 12.0. The van der Waals surface area contributed by atoms with Crippen molar-refractivity contribution in [2.24, 2.45) is 0 Å². The molecule has 1 aliphatic heterocycles. The molecule has 1 aliphatic rings. The van der Waals surface area contributed by atoms with Gasteiger partial charge in [-0.3, -0.25) is 10.1 Å². The molecule has 0 aliphatic carbocycles. The zero-order chi connectivity index (χ0) is 22.8. The van der Waals surface area contributed by atoms with Crippen molar-refractivity contribution in [1.82, 2.24) is 0 Å². The van der Waals surface area contributed by atoms with Gasteiger partial charge in [-0.2, -0.15) is 4.28 Å². The smallest absolute Gasteiger partial charge is 0.412 e. The van der Waals surface area contributed by atoms with Gasteiger partial charge in [-0.05, 0) is 45.0 Å². The Balaban J connectivity index is 1.73. The molecule has 0 atom stereocenters. The number of anilines is 1. The third-order valence-electron chi connectivity index (χ3n) is 4.66. The first-order valence-electron chi connectivity index (χ1n) is 9.34. The van der Waals surface area contributed by atoms with E-state index in [2.05, 4.69) is 18.2 Å². The van der Waals surface area contributed by atoms with Gasteiger partial charge in [0.05, 0.1) is 28.8 Å². The first-order valence-corrected chi connectivity index (χ1v) is 10.5. The number of nitrogens with one attached hydrogen (secondary N) is 1.